The van der Waals surface area contributed by atoms with Crippen LogP contribution in [0.1, 0.15) is 35.3 Å². The van der Waals surface area contributed by atoms with Crippen LogP contribution in [0.5, 0.6) is 5.88 Å². The Morgan fingerprint density at radius 3 is 2.63 bits per heavy atom. The van der Waals surface area contributed by atoms with Crippen molar-refractivity contribution in [2.24, 2.45) is 5.92 Å². The van der Waals surface area contributed by atoms with Crippen molar-refractivity contribution in [2.75, 3.05) is 33.8 Å². The molecule has 0 spiro atoms. The zero-order chi connectivity index (χ0) is 21.7. The fourth-order valence-corrected chi connectivity index (χ4v) is 3.54. The van der Waals surface area contributed by atoms with Crippen LogP contribution in [0.15, 0.2) is 42.6 Å². The summed E-state index contributed by atoms with van der Waals surface area (Å²) >= 11 is 0. The summed E-state index contributed by atoms with van der Waals surface area (Å²) in [7, 11) is 4.00. The van der Waals surface area contributed by atoms with Crippen molar-refractivity contribution in [2.45, 2.75) is 26.0 Å². The third-order valence-electron chi connectivity index (χ3n) is 5.36. The van der Waals surface area contributed by atoms with E-state index >= 15 is 0 Å². The quantitative estimate of drug-likeness (QED) is 0.794. The summed E-state index contributed by atoms with van der Waals surface area (Å²) in [4.78, 5) is 21.7. The predicted molar refractivity (Wildman–Crippen MR) is 119 cm³/mol. The standard InChI is InChI=1S/C24H31N3O3/c1-17-14-27(18(2)16-28)24(29)21-12-20(11-10-19-8-6-5-7-9-19)13-25-23(21)30-22(17)15-26(3)4/h5-13,17-18,22,28H,14-16H2,1-4H3/b11-10+/t17-,18-,22+/m1/s1. The van der Waals surface area contributed by atoms with E-state index in [2.05, 4.69) is 16.8 Å². The number of amides is 1. The van der Waals surface area contributed by atoms with Gasteiger partial charge in [0.25, 0.3) is 5.91 Å². The molecule has 30 heavy (non-hydrogen) atoms. The zero-order valence-electron chi connectivity index (χ0n) is 18.2. The Morgan fingerprint density at radius 2 is 1.97 bits per heavy atom. The van der Waals surface area contributed by atoms with Crippen LogP contribution >= 0.6 is 0 Å². The maximum Gasteiger partial charge on any atom is 0.259 e. The molecule has 1 aromatic carbocycles. The molecule has 0 saturated heterocycles. The number of benzene rings is 1. The predicted octanol–water partition coefficient (Wildman–Crippen LogP) is 3.03. The second-order valence-corrected chi connectivity index (χ2v) is 8.25. The Kier molecular flexibility index (Phi) is 7.24. The monoisotopic (exact) mass is 409 g/mol. The van der Waals surface area contributed by atoms with Crippen molar-refractivity contribution in [1.29, 1.82) is 0 Å². The number of aromatic nitrogens is 1. The van der Waals surface area contributed by atoms with Crippen LogP contribution in [-0.4, -0.2) is 71.7 Å². The highest BCUT2D eigenvalue weighted by atomic mass is 16.5. The van der Waals surface area contributed by atoms with Crippen LogP contribution in [0.25, 0.3) is 12.2 Å². The van der Waals surface area contributed by atoms with Crippen molar-refractivity contribution >= 4 is 18.1 Å². The molecule has 1 amide bonds. The van der Waals surface area contributed by atoms with Crippen LogP contribution in [-0.2, 0) is 0 Å². The lowest BCUT2D eigenvalue weighted by molar-refractivity contribution is 0.0348. The van der Waals surface area contributed by atoms with Gasteiger partial charge in [0, 0.05) is 25.2 Å². The van der Waals surface area contributed by atoms with Crippen LogP contribution in [0, 0.1) is 5.92 Å². The molecule has 0 saturated carbocycles. The van der Waals surface area contributed by atoms with Crippen LogP contribution in [0.3, 0.4) is 0 Å². The molecule has 1 N–H and O–H groups in total. The van der Waals surface area contributed by atoms with Gasteiger partial charge in [-0.1, -0.05) is 49.4 Å². The van der Waals surface area contributed by atoms with Gasteiger partial charge in [-0.15, -0.1) is 0 Å². The molecule has 0 fully saturated rings. The summed E-state index contributed by atoms with van der Waals surface area (Å²) in [6.07, 6.45) is 5.54. The van der Waals surface area contributed by atoms with Crippen LogP contribution in [0.2, 0.25) is 0 Å². The number of pyridine rings is 1. The van der Waals surface area contributed by atoms with E-state index in [-0.39, 0.29) is 30.6 Å². The second-order valence-electron chi connectivity index (χ2n) is 8.25. The van der Waals surface area contributed by atoms with Crippen molar-refractivity contribution in [3.8, 4) is 5.88 Å². The lowest BCUT2D eigenvalue weighted by Gasteiger charge is -2.37. The third kappa shape index (κ3) is 5.26. The maximum absolute atomic E-state index is 13.4. The van der Waals surface area contributed by atoms with Gasteiger partial charge in [-0.05, 0) is 38.2 Å². The third-order valence-corrected chi connectivity index (χ3v) is 5.36. The molecule has 6 heteroatoms. The summed E-state index contributed by atoms with van der Waals surface area (Å²) in [6, 6.07) is 11.5. The highest BCUT2D eigenvalue weighted by molar-refractivity contribution is 5.97. The van der Waals surface area contributed by atoms with E-state index < -0.39 is 0 Å². The number of fused-ring (bicyclic) bond motifs is 1. The van der Waals surface area contributed by atoms with Gasteiger partial charge in [0.05, 0.1) is 12.6 Å². The van der Waals surface area contributed by atoms with Crippen molar-refractivity contribution < 1.29 is 14.6 Å². The largest absolute Gasteiger partial charge is 0.472 e. The van der Waals surface area contributed by atoms with E-state index in [1.165, 1.54) is 0 Å². The fourth-order valence-electron chi connectivity index (χ4n) is 3.54. The fraction of sp³-hybridized carbons (Fsp3) is 0.417. The molecule has 0 aliphatic carbocycles. The maximum atomic E-state index is 13.4. The first-order valence-electron chi connectivity index (χ1n) is 10.4. The molecular weight excluding hydrogens is 378 g/mol. The molecule has 0 bridgehead atoms. The van der Waals surface area contributed by atoms with E-state index in [1.807, 2.05) is 69.6 Å². The Labute approximate surface area is 178 Å². The smallest absolute Gasteiger partial charge is 0.259 e. The van der Waals surface area contributed by atoms with E-state index in [1.54, 1.807) is 11.1 Å². The molecule has 1 aliphatic rings. The van der Waals surface area contributed by atoms with Gasteiger partial charge >= 0.3 is 0 Å². The number of aliphatic hydroxyl groups excluding tert-OH is 1. The second kappa shape index (κ2) is 9.87. The summed E-state index contributed by atoms with van der Waals surface area (Å²) < 4.78 is 6.22. The number of ether oxygens (including phenoxy) is 1. The molecule has 2 heterocycles. The minimum Gasteiger partial charge on any atom is -0.472 e. The Morgan fingerprint density at radius 1 is 1.27 bits per heavy atom. The molecule has 1 aliphatic heterocycles. The van der Waals surface area contributed by atoms with Crippen LogP contribution in [0.4, 0.5) is 0 Å². The lowest BCUT2D eigenvalue weighted by Crippen LogP contribution is -2.49. The number of hydrogen-bond acceptors (Lipinski definition) is 5. The van der Waals surface area contributed by atoms with E-state index in [0.717, 1.165) is 11.1 Å². The summed E-state index contributed by atoms with van der Waals surface area (Å²) in [5.41, 5.74) is 2.33. The zero-order valence-corrected chi connectivity index (χ0v) is 18.2. The highest BCUT2D eigenvalue weighted by Gasteiger charge is 2.33. The average molecular weight is 410 g/mol. The summed E-state index contributed by atoms with van der Waals surface area (Å²) in [5.74, 6) is 0.285. The van der Waals surface area contributed by atoms with E-state index in [4.69, 9.17) is 4.74 Å². The highest BCUT2D eigenvalue weighted by Crippen LogP contribution is 2.27. The number of likely N-dealkylation sites (N-methyl/N-ethyl adjacent to an activating group) is 1. The summed E-state index contributed by atoms with van der Waals surface area (Å²) in [5, 5.41) is 9.72. The topological polar surface area (TPSA) is 65.9 Å². The molecule has 6 nitrogen and oxygen atoms in total. The number of carbonyl (C=O) groups excluding carboxylic acids is 1. The molecule has 1 aromatic heterocycles. The first kappa shape index (κ1) is 22.0. The van der Waals surface area contributed by atoms with Crippen LogP contribution < -0.4 is 4.74 Å². The van der Waals surface area contributed by atoms with Gasteiger partial charge in [-0.2, -0.15) is 0 Å². The van der Waals surface area contributed by atoms with Crippen molar-refractivity contribution in [1.82, 2.24) is 14.8 Å². The lowest BCUT2D eigenvalue weighted by atomic mass is 10.00. The van der Waals surface area contributed by atoms with Crippen molar-refractivity contribution in [3.63, 3.8) is 0 Å². The molecule has 2 aromatic rings. The minimum atomic E-state index is -0.283. The molecule has 0 radical (unpaired) electrons. The van der Waals surface area contributed by atoms with E-state index in [0.29, 0.717) is 24.5 Å². The van der Waals surface area contributed by atoms with E-state index in [9.17, 15) is 9.90 Å². The number of hydrogen-bond donors (Lipinski definition) is 1. The number of carbonyl (C=O) groups is 1. The van der Waals surface area contributed by atoms with Gasteiger partial charge in [-0.25, -0.2) is 4.98 Å². The van der Waals surface area contributed by atoms with Gasteiger partial charge in [-0.3, -0.25) is 4.79 Å². The van der Waals surface area contributed by atoms with Gasteiger partial charge in [0.2, 0.25) is 5.88 Å². The Balaban J connectivity index is 1.98. The molecule has 3 rings (SSSR count). The summed E-state index contributed by atoms with van der Waals surface area (Å²) in [6.45, 7) is 5.07. The normalized spacial score (nSPS) is 20.6. The first-order valence-corrected chi connectivity index (χ1v) is 10.4. The molecular formula is C24H31N3O3. The number of nitrogens with zero attached hydrogens (tertiary/aromatic N) is 3. The van der Waals surface area contributed by atoms with Gasteiger partial charge < -0.3 is 19.6 Å². The first-order chi connectivity index (χ1) is 14.4. The Bertz CT molecular complexity index is 883. The molecule has 0 unspecified atom stereocenters. The SMILES string of the molecule is C[C@@H]1CN([C@H](C)CO)C(=O)c2cc(/C=C/c3ccccc3)cnc2O[C@H]1CN(C)C. The van der Waals surface area contributed by atoms with Crippen molar-refractivity contribution in [3.05, 3.63) is 59.3 Å². The molecule has 3 atom stereocenters. The van der Waals surface area contributed by atoms with Gasteiger partial charge in [0.15, 0.2) is 0 Å². The Hall–Kier alpha value is -2.70. The minimum absolute atomic E-state index is 0.0893. The van der Waals surface area contributed by atoms with Gasteiger partial charge in [0.1, 0.15) is 11.7 Å². The molecule has 160 valence electrons. The number of rotatable bonds is 6. The number of aliphatic hydroxyl groups is 1. The average Bonchev–Trinajstić information content (AvgIpc) is 2.74.